The molecule has 0 amide bonds. The molecule has 0 unspecified atom stereocenters. The maximum Gasteiger partial charge on any atom is 0.211 e. The molecule has 0 spiro atoms. The van der Waals surface area contributed by atoms with Gasteiger partial charge in [-0.15, -0.1) is 0 Å². The van der Waals surface area contributed by atoms with Crippen molar-refractivity contribution in [2.45, 2.75) is 13.8 Å². The number of benzene rings is 1. The molecular weight excluding hydrogens is 271 g/mol. The minimum Gasteiger partial charge on any atom is -0.383 e. The van der Waals surface area contributed by atoms with Crippen molar-refractivity contribution in [3.8, 4) is 0 Å². The van der Waals surface area contributed by atoms with Crippen LogP contribution in [0.3, 0.4) is 0 Å². The van der Waals surface area contributed by atoms with E-state index < -0.39 is 15.8 Å². The summed E-state index contributed by atoms with van der Waals surface area (Å²) in [5.41, 5.74) is 0.351. The van der Waals surface area contributed by atoms with Crippen LogP contribution in [-0.4, -0.2) is 33.0 Å². The molecule has 5 nitrogen and oxygen atoms in total. The average molecular weight is 288 g/mol. The van der Waals surface area contributed by atoms with Gasteiger partial charge in [0.05, 0.1) is 11.3 Å². The molecule has 0 aliphatic rings. The van der Waals surface area contributed by atoms with Crippen molar-refractivity contribution in [1.29, 1.82) is 0 Å². The van der Waals surface area contributed by atoms with E-state index in [1.807, 2.05) is 0 Å². The first kappa shape index (κ1) is 15.6. The molecule has 0 saturated carbocycles. The average Bonchev–Trinajstić information content (AvgIpc) is 2.34. The fourth-order valence-electron chi connectivity index (χ4n) is 1.54. The molecular formula is C12H17FN2O3S. The Kier molecular flexibility index (Phi) is 5.44. The number of anilines is 1. The van der Waals surface area contributed by atoms with E-state index in [0.717, 1.165) is 0 Å². The van der Waals surface area contributed by atoms with Gasteiger partial charge in [-0.25, -0.2) is 17.5 Å². The zero-order chi connectivity index (χ0) is 14.5. The van der Waals surface area contributed by atoms with Crippen LogP contribution in [0.5, 0.6) is 0 Å². The van der Waals surface area contributed by atoms with Crippen molar-refractivity contribution in [2.75, 3.05) is 24.2 Å². The minimum atomic E-state index is -3.24. The van der Waals surface area contributed by atoms with Crippen molar-refractivity contribution in [3.63, 3.8) is 0 Å². The highest BCUT2D eigenvalue weighted by Gasteiger charge is 2.12. The third kappa shape index (κ3) is 4.60. The minimum absolute atomic E-state index is 0.00562. The lowest BCUT2D eigenvalue weighted by Gasteiger charge is -2.11. The summed E-state index contributed by atoms with van der Waals surface area (Å²) in [5.74, 6) is -0.965. The SMILES string of the molecule is CCS(=O)(=O)NCCNc1cccc(F)c1C(C)=O. The van der Waals surface area contributed by atoms with E-state index in [1.54, 1.807) is 6.07 Å². The standard InChI is InChI=1S/C12H17FN2O3S/c1-3-19(17,18)15-8-7-14-11-6-4-5-10(13)12(11)9(2)16/h4-6,14-15H,3,7-8H2,1-2H3. The van der Waals surface area contributed by atoms with E-state index in [9.17, 15) is 17.6 Å². The Morgan fingerprint density at radius 1 is 1.32 bits per heavy atom. The van der Waals surface area contributed by atoms with Gasteiger partial charge in [0, 0.05) is 18.8 Å². The van der Waals surface area contributed by atoms with E-state index in [-0.39, 0.29) is 30.2 Å². The van der Waals surface area contributed by atoms with Gasteiger partial charge in [-0.3, -0.25) is 4.79 Å². The van der Waals surface area contributed by atoms with Crippen LogP contribution in [-0.2, 0) is 10.0 Å². The molecule has 0 aliphatic carbocycles. The predicted molar refractivity (Wildman–Crippen MR) is 72.4 cm³/mol. The Balaban J connectivity index is 2.64. The van der Waals surface area contributed by atoms with Gasteiger partial charge in [-0.1, -0.05) is 6.07 Å². The Hall–Kier alpha value is -1.47. The Morgan fingerprint density at radius 2 is 2.00 bits per heavy atom. The molecule has 0 aliphatic heterocycles. The predicted octanol–water partition coefficient (Wildman–Crippen LogP) is 1.38. The highest BCUT2D eigenvalue weighted by Crippen LogP contribution is 2.19. The van der Waals surface area contributed by atoms with E-state index in [0.29, 0.717) is 5.69 Å². The van der Waals surface area contributed by atoms with Crippen LogP contribution in [0.2, 0.25) is 0 Å². The molecule has 0 aromatic heterocycles. The lowest BCUT2D eigenvalue weighted by Crippen LogP contribution is -2.30. The third-order valence-corrected chi connectivity index (χ3v) is 3.91. The Labute approximate surface area is 112 Å². The molecule has 0 radical (unpaired) electrons. The van der Waals surface area contributed by atoms with Crippen LogP contribution < -0.4 is 10.0 Å². The number of hydrogen-bond acceptors (Lipinski definition) is 4. The van der Waals surface area contributed by atoms with E-state index in [2.05, 4.69) is 10.0 Å². The summed E-state index contributed by atoms with van der Waals surface area (Å²) in [7, 11) is -3.24. The maximum absolute atomic E-state index is 13.5. The van der Waals surface area contributed by atoms with Gasteiger partial charge in [0.1, 0.15) is 5.82 Å². The van der Waals surface area contributed by atoms with Crippen LogP contribution in [0.4, 0.5) is 10.1 Å². The topological polar surface area (TPSA) is 75.3 Å². The normalized spacial score (nSPS) is 11.3. The molecule has 0 atom stereocenters. The van der Waals surface area contributed by atoms with Gasteiger partial charge < -0.3 is 5.32 Å². The third-order valence-electron chi connectivity index (χ3n) is 2.51. The molecule has 1 aromatic carbocycles. The lowest BCUT2D eigenvalue weighted by atomic mass is 10.1. The molecule has 0 heterocycles. The van der Waals surface area contributed by atoms with Crippen molar-refractivity contribution in [2.24, 2.45) is 0 Å². The molecule has 2 N–H and O–H groups in total. The monoisotopic (exact) mass is 288 g/mol. The van der Waals surface area contributed by atoms with Crippen LogP contribution in [0.15, 0.2) is 18.2 Å². The van der Waals surface area contributed by atoms with Gasteiger partial charge in [0.25, 0.3) is 0 Å². The Bertz CT molecular complexity index is 558. The van der Waals surface area contributed by atoms with Crippen LogP contribution in [0.1, 0.15) is 24.2 Å². The van der Waals surface area contributed by atoms with Gasteiger partial charge in [-0.2, -0.15) is 0 Å². The van der Waals surface area contributed by atoms with E-state index in [4.69, 9.17) is 0 Å². The summed E-state index contributed by atoms with van der Waals surface area (Å²) < 4.78 is 38.2. The number of Topliss-reactive ketones (excluding diaryl/α,β-unsaturated/α-hetero) is 1. The first-order chi connectivity index (χ1) is 8.87. The second-order valence-electron chi connectivity index (χ2n) is 3.94. The fourth-order valence-corrected chi connectivity index (χ4v) is 2.15. The van der Waals surface area contributed by atoms with Crippen LogP contribution in [0.25, 0.3) is 0 Å². The number of hydrogen-bond donors (Lipinski definition) is 2. The molecule has 106 valence electrons. The summed E-state index contributed by atoms with van der Waals surface area (Å²) in [6.07, 6.45) is 0. The lowest BCUT2D eigenvalue weighted by molar-refractivity contribution is 0.101. The van der Waals surface area contributed by atoms with E-state index in [1.165, 1.54) is 26.0 Å². The second-order valence-corrected chi connectivity index (χ2v) is 6.04. The first-order valence-electron chi connectivity index (χ1n) is 5.88. The second kappa shape index (κ2) is 6.63. The number of carbonyl (C=O) groups is 1. The molecule has 0 fully saturated rings. The van der Waals surface area contributed by atoms with Gasteiger partial charge in [0.2, 0.25) is 10.0 Å². The number of rotatable bonds is 7. The van der Waals surface area contributed by atoms with Gasteiger partial charge >= 0.3 is 0 Å². The zero-order valence-corrected chi connectivity index (χ0v) is 11.7. The molecule has 7 heteroatoms. The highest BCUT2D eigenvalue weighted by atomic mass is 32.2. The summed E-state index contributed by atoms with van der Waals surface area (Å²) in [4.78, 5) is 11.3. The molecule has 1 rings (SSSR count). The summed E-state index contributed by atoms with van der Waals surface area (Å²) >= 11 is 0. The smallest absolute Gasteiger partial charge is 0.211 e. The van der Waals surface area contributed by atoms with E-state index >= 15 is 0 Å². The van der Waals surface area contributed by atoms with Crippen LogP contribution in [0, 0.1) is 5.82 Å². The number of ketones is 1. The summed E-state index contributed by atoms with van der Waals surface area (Å²) in [6, 6.07) is 4.27. The maximum atomic E-state index is 13.5. The van der Waals surface area contributed by atoms with Gasteiger partial charge in [0.15, 0.2) is 5.78 Å². The quantitative estimate of drug-likeness (QED) is 0.587. The van der Waals surface area contributed by atoms with Crippen molar-refractivity contribution in [1.82, 2.24) is 4.72 Å². The van der Waals surface area contributed by atoms with Crippen molar-refractivity contribution in [3.05, 3.63) is 29.6 Å². The zero-order valence-electron chi connectivity index (χ0n) is 10.9. The summed E-state index contributed by atoms with van der Waals surface area (Å²) in [6.45, 7) is 3.26. The molecule has 19 heavy (non-hydrogen) atoms. The fraction of sp³-hybridized carbons (Fsp3) is 0.417. The number of sulfonamides is 1. The highest BCUT2D eigenvalue weighted by molar-refractivity contribution is 7.89. The number of carbonyl (C=O) groups excluding carboxylic acids is 1. The number of nitrogens with one attached hydrogen (secondary N) is 2. The Morgan fingerprint density at radius 3 is 2.58 bits per heavy atom. The first-order valence-corrected chi connectivity index (χ1v) is 7.53. The van der Waals surface area contributed by atoms with Gasteiger partial charge in [-0.05, 0) is 26.0 Å². The largest absolute Gasteiger partial charge is 0.383 e. The molecule has 1 aromatic rings. The molecule has 0 bridgehead atoms. The molecule has 0 saturated heterocycles. The van der Waals surface area contributed by atoms with Crippen LogP contribution >= 0.6 is 0 Å². The summed E-state index contributed by atoms with van der Waals surface area (Å²) in [5, 5.41) is 2.84. The van der Waals surface area contributed by atoms with Crippen molar-refractivity contribution < 1.29 is 17.6 Å². The number of halogens is 1. The van der Waals surface area contributed by atoms with Crippen molar-refractivity contribution >= 4 is 21.5 Å².